The first-order chi connectivity index (χ1) is 7.29. The van der Waals surface area contributed by atoms with Gasteiger partial charge in [0.05, 0.1) is 5.70 Å². The van der Waals surface area contributed by atoms with Crippen molar-refractivity contribution in [1.29, 1.82) is 0 Å². The minimum absolute atomic E-state index is 1.04. The van der Waals surface area contributed by atoms with E-state index in [9.17, 15) is 0 Å². The lowest BCUT2D eigenvalue weighted by atomic mass is 10.2. The van der Waals surface area contributed by atoms with Crippen molar-refractivity contribution in [3.63, 3.8) is 0 Å². The van der Waals surface area contributed by atoms with Gasteiger partial charge in [-0.3, -0.25) is 0 Å². The molecule has 1 aliphatic carbocycles. The minimum Gasteiger partial charge on any atom is -0.341 e. The first kappa shape index (κ1) is 11.4. The molecule has 0 heterocycles. The third-order valence-corrected chi connectivity index (χ3v) is 2.24. The smallest absolute Gasteiger partial charge is 0.0922 e. The van der Waals surface area contributed by atoms with Crippen molar-refractivity contribution in [2.45, 2.75) is 19.8 Å². The summed E-state index contributed by atoms with van der Waals surface area (Å²) in [6, 6.07) is 0. The van der Waals surface area contributed by atoms with E-state index >= 15 is 0 Å². The van der Waals surface area contributed by atoms with E-state index in [0.29, 0.717) is 0 Å². The van der Waals surface area contributed by atoms with Crippen LogP contribution in [0.3, 0.4) is 0 Å². The van der Waals surface area contributed by atoms with Crippen molar-refractivity contribution >= 4 is 0 Å². The molecule has 0 saturated heterocycles. The number of hydrogen-bond donors (Lipinski definition) is 0. The summed E-state index contributed by atoms with van der Waals surface area (Å²) in [5, 5.41) is 0. The van der Waals surface area contributed by atoms with Crippen LogP contribution in [0.4, 0.5) is 0 Å². The van der Waals surface area contributed by atoms with E-state index in [-0.39, 0.29) is 0 Å². The van der Waals surface area contributed by atoms with Crippen molar-refractivity contribution < 1.29 is 0 Å². The van der Waals surface area contributed by atoms with Gasteiger partial charge in [-0.15, -0.1) is 0 Å². The van der Waals surface area contributed by atoms with Crippen LogP contribution in [0.2, 0.25) is 0 Å². The van der Waals surface area contributed by atoms with Crippen LogP contribution in [0.5, 0.6) is 0 Å². The first-order valence-electron chi connectivity index (χ1n) is 5.23. The molecule has 0 unspecified atom stereocenters. The van der Waals surface area contributed by atoms with E-state index in [1.165, 1.54) is 5.70 Å². The van der Waals surface area contributed by atoms with E-state index < -0.39 is 0 Å². The molecule has 0 fully saturated rings. The molecule has 1 rings (SSSR count). The predicted molar refractivity (Wildman–Crippen MR) is 65.2 cm³/mol. The lowest BCUT2D eigenvalue weighted by Gasteiger charge is -2.22. The molecule has 1 heteroatoms. The molecule has 0 bridgehead atoms. The number of nitrogens with zero attached hydrogens (tertiary/aromatic N) is 1. The number of likely N-dealkylation sites (N-methyl/N-ethyl adjacent to an activating group) is 1. The quantitative estimate of drug-likeness (QED) is 0.483. The van der Waals surface area contributed by atoms with Crippen LogP contribution in [0.1, 0.15) is 19.8 Å². The van der Waals surface area contributed by atoms with Gasteiger partial charge in [0.15, 0.2) is 0 Å². The Hall–Kier alpha value is -1.68. The van der Waals surface area contributed by atoms with Crippen molar-refractivity contribution in [3.05, 3.63) is 59.8 Å². The second kappa shape index (κ2) is 5.93. The third-order valence-electron chi connectivity index (χ3n) is 2.24. The highest BCUT2D eigenvalue weighted by atomic mass is 15.1. The summed E-state index contributed by atoms with van der Waals surface area (Å²) in [5.74, 6) is 0. The summed E-state index contributed by atoms with van der Waals surface area (Å²) in [6.07, 6.45) is 11.9. The fraction of sp³-hybridized carbons (Fsp3) is 0.286. The van der Waals surface area contributed by atoms with Gasteiger partial charge in [-0.2, -0.15) is 0 Å². The molecule has 0 aliphatic heterocycles. The molecule has 15 heavy (non-hydrogen) atoms. The number of rotatable bonds is 5. The van der Waals surface area contributed by atoms with Crippen LogP contribution in [0.15, 0.2) is 59.8 Å². The van der Waals surface area contributed by atoms with Gasteiger partial charge in [0.25, 0.3) is 0 Å². The number of allylic oxidation sites excluding steroid dienone is 6. The summed E-state index contributed by atoms with van der Waals surface area (Å²) in [4.78, 5) is 2.13. The lowest BCUT2D eigenvalue weighted by molar-refractivity contribution is 0.507. The van der Waals surface area contributed by atoms with E-state index in [4.69, 9.17) is 0 Å². The van der Waals surface area contributed by atoms with Gasteiger partial charge in [-0.25, -0.2) is 0 Å². The van der Waals surface area contributed by atoms with Crippen LogP contribution in [-0.4, -0.2) is 11.9 Å². The highest BCUT2D eigenvalue weighted by Gasteiger charge is 2.06. The maximum absolute atomic E-state index is 3.74. The molecule has 0 aromatic carbocycles. The van der Waals surface area contributed by atoms with Gasteiger partial charge in [-0.05, 0) is 30.4 Å². The molecule has 0 N–H and O–H groups in total. The number of hydrogen-bond acceptors (Lipinski definition) is 1. The Balaban J connectivity index is 2.90. The monoisotopic (exact) mass is 199 g/mol. The molecule has 0 amide bonds. The summed E-state index contributed by atoms with van der Waals surface area (Å²) < 4.78 is 0. The van der Waals surface area contributed by atoms with Crippen molar-refractivity contribution in [2.24, 2.45) is 0 Å². The van der Waals surface area contributed by atoms with E-state index in [2.05, 4.69) is 29.9 Å². The zero-order chi connectivity index (χ0) is 11.1. The Morgan fingerprint density at radius 1 is 1.60 bits per heavy atom. The van der Waals surface area contributed by atoms with Gasteiger partial charge in [0.2, 0.25) is 0 Å². The minimum atomic E-state index is 1.04. The van der Waals surface area contributed by atoms with Crippen LogP contribution in [-0.2, 0) is 0 Å². The molecule has 78 valence electrons. The third kappa shape index (κ3) is 3.18. The highest BCUT2D eigenvalue weighted by molar-refractivity contribution is 5.28. The molecular formula is C14H17N. The second-order valence-corrected chi connectivity index (χ2v) is 3.38. The molecule has 0 spiro atoms. The van der Waals surface area contributed by atoms with Crippen molar-refractivity contribution in [3.8, 4) is 0 Å². The van der Waals surface area contributed by atoms with E-state index in [0.717, 1.165) is 18.5 Å². The molecule has 0 saturated carbocycles. The zero-order valence-corrected chi connectivity index (χ0v) is 9.46. The maximum atomic E-state index is 3.74. The van der Waals surface area contributed by atoms with Crippen molar-refractivity contribution in [2.75, 3.05) is 7.05 Å². The Bertz CT molecular complexity index is 384. The summed E-state index contributed by atoms with van der Waals surface area (Å²) >= 11 is 0. The van der Waals surface area contributed by atoms with Gasteiger partial charge >= 0.3 is 0 Å². The molecule has 0 atom stereocenters. The molecule has 0 aromatic heterocycles. The zero-order valence-electron chi connectivity index (χ0n) is 9.46. The predicted octanol–water partition coefficient (Wildman–Crippen LogP) is 3.55. The topological polar surface area (TPSA) is 3.24 Å². The molecule has 1 aliphatic rings. The normalized spacial score (nSPS) is 14.0. The Morgan fingerprint density at radius 2 is 2.40 bits per heavy atom. The van der Waals surface area contributed by atoms with Gasteiger partial charge < -0.3 is 4.90 Å². The SMILES string of the molecule is C=C/C=C(\CCC)N(C)C1=C=C=CC=C1. The van der Waals surface area contributed by atoms with Crippen LogP contribution in [0.25, 0.3) is 0 Å². The van der Waals surface area contributed by atoms with E-state index in [1.54, 1.807) is 0 Å². The Morgan fingerprint density at radius 3 is 2.93 bits per heavy atom. The lowest BCUT2D eigenvalue weighted by Crippen LogP contribution is -2.15. The maximum Gasteiger partial charge on any atom is 0.0922 e. The summed E-state index contributed by atoms with van der Waals surface area (Å²) in [5.41, 5.74) is 8.35. The van der Waals surface area contributed by atoms with Crippen LogP contribution >= 0.6 is 0 Å². The Labute approximate surface area is 92.1 Å². The molecular weight excluding hydrogens is 182 g/mol. The molecule has 1 nitrogen and oxygen atoms in total. The standard InChI is InChI=1S/C14H17N/c1-4-9-13(10-5-2)15(3)14-11-7-6-8-12-14/h4,6-7,9,11H,1,5,10H2,2-3H3/b13-9+. The van der Waals surface area contributed by atoms with Gasteiger partial charge in [0.1, 0.15) is 0 Å². The average Bonchev–Trinajstić information content (AvgIpc) is 2.29. The first-order valence-corrected chi connectivity index (χ1v) is 5.23. The molecule has 0 radical (unpaired) electrons. The van der Waals surface area contributed by atoms with Crippen molar-refractivity contribution in [1.82, 2.24) is 4.90 Å². The highest BCUT2D eigenvalue weighted by Crippen LogP contribution is 2.16. The summed E-state index contributed by atoms with van der Waals surface area (Å²) in [7, 11) is 2.05. The van der Waals surface area contributed by atoms with Crippen LogP contribution < -0.4 is 0 Å². The van der Waals surface area contributed by atoms with E-state index in [1.807, 2.05) is 37.4 Å². The van der Waals surface area contributed by atoms with Crippen LogP contribution in [0, 0.1) is 0 Å². The fourth-order valence-electron chi connectivity index (χ4n) is 1.45. The fourth-order valence-corrected chi connectivity index (χ4v) is 1.45. The average molecular weight is 199 g/mol. The van der Waals surface area contributed by atoms with Gasteiger partial charge in [0, 0.05) is 12.7 Å². The Kier molecular flexibility index (Phi) is 4.50. The van der Waals surface area contributed by atoms with Gasteiger partial charge in [-0.1, -0.05) is 37.8 Å². The molecule has 0 aromatic rings. The summed E-state index contributed by atoms with van der Waals surface area (Å²) in [6.45, 7) is 5.91. The second-order valence-electron chi connectivity index (χ2n) is 3.38. The largest absolute Gasteiger partial charge is 0.341 e.